The standard InChI is InChI=1S/C14H18N4O3/c15-8-11(16)9-18-12-5-3-10(4-6-12)14(21)17-7-1-2-13(19)20/h3-6,8,15-16,18H,1-2,7,9H2,(H,17,21)(H,19,20). The number of aliphatic carboxylic acids is 1. The molecule has 0 bridgehead atoms. The second-order valence-electron chi connectivity index (χ2n) is 4.35. The Morgan fingerprint density at radius 1 is 1.24 bits per heavy atom. The van der Waals surface area contributed by atoms with Gasteiger partial charge in [0.1, 0.15) is 0 Å². The minimum atomic E-state index is -0.879. The summed E-state index contributed by atoms with van der Waals surface area (Å²) in [5, 5.41) is 28.3. The molecule has 0 aliphatic heterocycles. The van der Waals surface area contributed by atoms with Gasteiger partial charge in [-0.1, -0.05) is 0 Å². The van der Waals surface area contributed by atoms with E-state index in [9.17, 15) is 9.59 Å². The fourth-order valence-corrected chi connectivity index (χ4v) is 1.53. The molecule has 5 N–H and O–H groups in total. The summed E-state index contributed by atoms with van der Waals surface area (Å²) in [5.41, 5.74) is 1.40. The van der Waals surface area contributed by atoms with Crippen molar-refractivity contribution in [2.24, 2.45) is 0 Å². The van der Waals surface area contributed by atoms with E-state index >= 15 is 0 Å². The second-order valence-corrected chi connectivity index (χ2v) is 4.35. The predicted octanol–water partition coefficient (Wildman–Crippen LogP) is 1.36. The van der Waals surface area contributed by atoms with Crippen molar-refractivity contribution in [1.29, 1.82) is 10.8 Å². The van der Waals surface area contributed by atoms with E-state index in [0.29, 0.717) is 18.5 Å². The van der Waals surface area contributed by atoms with Crippen LogP contribution in [-0.4, -0.2) is 42.0 Å². The van der Waals surface area contributed by atoms with Crippen LogP contribution in [0.5, 0.6) is 0 Å². The van der Waals surface area contributed by atoms with Crippen LogP contribution >= 0.6 is 0 Å². The zero-order chi connectivity index (χ0) is 15.7. The maximum atomic E-state index is 11.8. The van der Waals surface area contributed by atoms with E-state index in [-0.39, 0.29) is 24.6 Å². The highest BCUT2D eigenvalue weighted by molar-refractivity contribution is 6.29. The van der Waals surface area contributed by atoms with Crippen molar-refractivity contribution in [3.05, 3.63) is 29.8 Å². The maximum absolute atomic E-state index is 11.8. The molecule has 1 aromatic rings. The Balaban J connectivity index is 2.42. The number of anilines is 1. The summed E-state index contributed by atoms with van der Waals surface area (Å²) < 4.78 is 0. The fraction of sp³-hybridized carbons (Fsp3) is 0.286. The van der Waals surface area contributed by atoms with Gasteiger partial charge >= 0.3 is 5.97 Å². The summed E-state index contributed by atoms with van der Waals surface area (Å²) in [5.74, 6) is -1.13. The molecule has 0 aliphatic carbocycles. The van der Waals surface area contributed by atoms with Crippen molar-refractivity contribution < 1.29 is 14.7 Å². The van der Waals surface area contributed by atoms with Crippen LogP contribution in [0.2, 0.25) is 0 Å². The van der Waals surface area contributed by atoms with E-state index in [1.54, 1.807) is 24.3 Å². The highest BCUT2D eigenvalue weighted by Crippen LogP contribution is 2.09. The number of nitrogens with one attached hydrogen (secondary N) is 4. The van der Waals surface area contributed by atoms with Crippen molar-refractivity contribution in [2.45, 2.75) is 12.8 Å². The summed E-state index contributed by atoms with van der Waals surface area (Å²) in [6.07, 6.45) is 1.39. The van der Waals surface area contributed by atoms with E-state index in [1.807, 2.05) is 0 Å². The molecule has 0 aliphatic rings. The molecule has 21 heavy (non-hydrogen) atoms. The van der Waals surface area contributed by atoms with Gasteiger partial charge < -0.3 is 26.6 Å². The molecule has 0 atom stereocenters. The number of amides is 1. The lowest BCUT2D eigenvalue weighted by atomic mass is 10.2. The zero-order valence-corrected chi connectivity index (χ0v) is 11.5. The molecule has 0 saturated carbocycles. The van der Waals surface area contributed by atoms with Gasteiger partial charge in [0.15, 0.2) is 0 Å². The molecule has 7 nitrogen and oxygen atoms in total. The Hall–Kier alpha value is -2.70. The SMILES string of the molecule is N=CC(=N)CNc1ccc(C(=O)NCCCC(=O)O)cc1. The molecule has 0 heterocycles. The van der Waals surface area contributed by atoms with Crippen LogP contribution in [0.4, 0.5) is 5.69 Å². The average molecular weight is 290 g/mol. The van der Waals surface area contributed by atoms with Gasteiger partial charge in [0.25, 0.3) is 5.91 Å². The quantitative estimate of drug-likeness (QED) is 0.347. The molecule has 0 fully saturated rings. The number of carboxylic acids is 1. The number of carboxylic acid groups (broad SMARTS) is 1. The molecular weight excluding hydrogens is 272 g/mol. The predicted molar refractivity (Wildman–Crippen MR) is 80.6 cm³/mol. The Labute approximate surface area is 122 Å². The van der Waals surface area contributed by atoms with Gasteiger partial charge in [-0.3, -0.25) is 9.59 Å². The minimum absolute atomic E-state index is 0.0299. The molecule has 0 aromatic heterocycles. The summed E-state index contributed by atoms with van der Waals surface area (Å²) in [4.78, 5) is 22.1. The van der Waals surface area contributed by atoms with Crippen LogP contribution in [-0.2, 0) is 4.79 Å². The van der Waals surface area contributed by atoms with Gasteiger partial charge in [0.2, 0.25) is 0 Å². The van der Waals surface area contributed by atoms with Crippen LogP contribution in [0.25, 0.3) is 0 Å². The van der Waals surface area contributed by atoms with E-state index in [0.717, 1.165) is 11.9 Å². The average Bonchev–Trinajstić information content (AvgIpc) is 2.49. The number of rotatable bonds is 9. The van der Waals surface area contributed by atoms with Crippen molar-refractivity contribution >= 4 is 29.5 Å². The van der Waals surface area contributed by atoms with Crippen molar-refractivity contribution in [2.75, 3.05) is 18.4 Å². The molecule has 0 saturated heterocycles. The summed E-state index contributed by atoms with van der Waals surface area (Å²) in [6, 6.07) is 6.71. The second kappa shape index (κ2) is 8.47. The Kier molecular flexibility index (Phi) is 6.59. The molecule has 1 aromatic carbocycles. The monoisotopic (exact) mass is 290 g/mol. The van der Waals surface area contributed by atoms with Crippen molar-refractivity contribution in [3.63, 3.8) is 0 Å². The largest absolute Gasteiger partial charge is 0.481 e. The zero-order valence-electron chi connectivity index (χ0n) is 11.5. The van der Waals surface area contributed by atoms with Gasteiger partial charge in [0.05, 0.1) is 12.3 Å². The number of carbonyl (C=O) groups is 2. The lowest BCUT2D eigenvalue weighted by molar-refractivity contribution is -0.137. The molecule has 1 amide bonds. The lowest BCUT2D eigenvalue weighted by Gasteiger charge is -2.07. The van der Waals surface area contributed by atoms with Crippen LogP contribution in [0.1, 0.15) is 23.2 Å². The van der Waals surface area contributed by atoms with Crippen LogP contribution in [0.15, 0.2) is 24.3 Å². The smallest absolute Gasteiger partial charge is 0.303 e. The number of benzene rings is 1. The van der Waals surface area contributed by atoms with Crippen molar-refractivity contribution in [3.8, 4) is 0 Å². The fourth-order valence-electron chi connectivity index (χ4n) is 1.53. The topological polar surface area (TPSA) is 126 Å². The Morgan fingerprint density at radius 2 is 1.90 bits per heavy atom. The third kappa shape index (κ3) is 6.33. The highest BCUT2D eigenvalue weighted by Gasteiger charge is 2.05. The molecule has 0 unspecified atom stereocenters. The number of hydrogen-bond donors (Lipinski definition) is 5. The van der Waals surface area contributed by atoms with E-state index in [1.165, 1.54) is 0 Å². The highest BCUT2D eigenvalue weighted by atomic mass is 16.4. The summed E-state index contributed by atoms with van der Waals surface area (Å²) >= 11 is 0. The first-order chi connectivity index (χ1) is 10.0. The molecule has 7 heteroatoms. The maximum Gasteiger partial charge on any atom is 0.303 e. The van der Waals surface area contributed by atoms with Gasteiger partial charge in [-0.15, -0.1) is 0 Å². The van der Waals surface area contributed by atoms with Gasteiger partial charge in [-0.25, -0.2) is 0 Å². The Morgan fingerprint density at radius 3 is 2.48 bits per heavy atom. The third-order valence-electron chi connectivity index (χ3n) is 2.66. The van der Waals surface area contributed by atoms with E-state index in [4.69, 9.17) is 15.9 Å². The summed E-state index contributed by atoms with van der Waals surface area (Å²) in [6.45, 7) is 0.575. The molecule has 112 valence electrons. The van der Waals surface area contributed by atoms with E-state index in [2.05, 4.69) is 10.6 Å². The molecular formula is C14H18N4O3. The van der Waals surface area contributed by atoms with E-state index < -0.39 is 5.97 Å². The van der Waals surface area contributed by atoms with Gasteiger partial charge in [-0.2, -0.15) is 0 Å². The Bertz CT molecular complexity index is 526. The first-order valence-corrected chi connectivity index (χ1v) is 6.44. The number of hydrogen-bond acceptors (Lipinski definition) is 5. The molecule has 0 radical (unpaired) electrons. The molecule has 0 spiro atoms. The van der Waals surface area contributed by atoms with Crippen molar-refractivity contribution in [1.82, 2.24) is 5.32 Å². The van der Waals surface area contributed by atoms with Crippen LogP contribution < -0.4 is 10.6 Å². The van der Waals surface area contributed by atoms with Gasteiger partial charge in [0, 0.05) is 30.4 Å². The normalized spacial score (nSPS) is 9.71. The third-order valence-corrected chi connectivity index (χ3v) is 2.66. The van der Waals surface area contributed by atoms with Crippen LogP contribution in [0.3, 0.4) is 0 Å². The summed E-state index contributed by atoms with van der Waals surface area (Å²) in [7, 11) is 0. The number of carbonyl (C=O) groups excluding carboxylic acids is 1. The van der Waals surface area contributed by atoms with Gasteiger partial charge in [-0.05, 0) is 30.7 Å². The first-order valence-electron chi connectivity index (χ1n) is 6.44. The molecule has 1 rings (SSSR count). The minimum Gasteiger partial charge on any atom is -0.481 e. The van der Waals surface area contributed by atoms with Crippen LogP contribution in [0, 0.1) is 10.8 Å². The lowest BCUT2D eigenvalue weighted by Crippen LogP contribution is -2.24. The first kappa shape index (κ1) is 16.4.